The molecule has 9 heteroatoms. The summed E-state index contributed by atoms with van der Waals surface area (Å²) in [5.41, 5.74) is 9.23. The minimum absolute atomic E-state index is 0.321. The number of carbonyl (C=O) groups is 1. The Balaban J connectivity index is 1.81. The molecule has 0 unspecified atom stereocenters. The summed E-state index contributed by atoms with van der Waals surface area (Å²) in [6.07, 6.45) is 4.98. The predicted octanol–water partition coefficient (Wildman–Crippen LogP) is 1.27. The van der Waals surface area contributed by atoms with Crippen molar-refractivity contribution in [1.82, 2.24) is 24.7 Å². The maximum absolute atomic E-state index is 11.6. The zero-order valence-electron chi connectivity index (χ0n) is 12.3. The fourth-order valence-corrected chi connectivity index (χ4v) is 3.32. The Bertz CT molecular complexity index is 900. The van der Waals surface area contributed by atoms with Crippen LogP contribution in [0, 0.1) is 0 Å². The number of fused-ring (bicyclic) bond motifs is 3. The third kappa shape index (κ3) is 2.25. The van der Waals surface area contributed by atoms with Crippen LogP contribution in [0.5, 0.6) is 0 Å². The molecule has 0 saturated carbocycles. The number of rotatable bonds is 3. The molecular formula is C14H13N7OS. The van der Waals surface area contributed by atoms with Gasteiger partial charge in [-0.25, -0.2) is 15.0 Å². The van der Waals surface area contributed by atoms with Crippen molar-refractivity contribution < 1.29 is 4.79 Å². The monoisotopic (exact) mass is 327 g/mol. The topological polar surface area (TPSA) is 112 Å². The van der Waals surface area contributed by atoms with Crippen molar-refractivity contribution in [2.45, 2.75) is 12.8 Å². The molecule has 1 amide bonds. The van der Waals surface area contributed by atoms with Gasteiger partial charge >= 0.3 is 0 Å². The van der Waals surface area contributed by atoms with Gasteiger partial charge in [0.1, 0.15) is 0 Å². The summed E-state index contributed by atoms with van der Waals surface area (Å²) in [6, 6.07) is 0. The molecule has 1 aliphatic carbocycles. The standard InChI is InChI=1S/C14H13N7OS/c1-21-11-8(10(20-21)12(15)22)3-2-7-6-17-13(18-9(7)11)19-14-16-4-5-23-14/h4-6H,2-3H2,1H3,(H2,15,22)(H,16,17,18,19). The Morgan fingerprint density at radius 3 is 3.00 bits per heavy atom. The van der Waals surface area contributed by atoms with Crippen molar-refractivity contribution in [3.05, 3.63) is 34.6 Å². The smallest absolute Gasteiger partial charge is 0.269 e. The number of nitrogens with one attached hydrogen (secondary N) is 1. The third-order valence-corrected chi connectivity index (χ3v) is 4.45. The lowest BCUT2D eigenvalue weighted by Gasteiger charge is -2.17. The van der Waals surface area contributed by atoms with E-state index in [9.17, 15) is 4.79 Å². The fraction of sp³-hybridized carbons (Fsp3) is 0.214. The minimum Gasteiger partial charge on any atom is -0.364 e. The van der Waals surface area contributed by atoms with E-state index >= 15 is 0 Å². The van der Waals surface area contributed by atoms with Crippen molar-refractivity contribution in [3.63, 3.8) is 0 Å². The van der Waals surface area contributed by atoms with Gasteiger partial charge in [0.2, 0.25) is 5.95 Å². The number of nitrogens with zero attached hydrogens (tertiary/aromatic N) is 5. The minimum atomic E-state index is -0.513. The average Bonchev–Trinajstić information content (AvgIpc) is 3.15. The van der Waals surface area contributed by atoms with Gasteiger partial charge in [0.25, 0.3) is 5.91 Å². The second kappa shape index (κ2) is 5.13. The third-order valence-electron chi connectivity index (χ3n) is 3.76. The van der Waals surface area contributed by atoms with Crippen LogP contribution in [0.2, 0.25) is 0 Å². The van der Waals surface area contributed by atoms with Crippen LogP contribution in [0.1, 0.15) is 21.6 Å². The van der Waals surface area contributed by atoms with Gasteiger partial charge in [0, 0.05) is 30.4 Å². The Morgan fingerprint density at radius 1 is 1.39 bits per heavy atom. The van der Waals surface area contributed by atoms with E-state index in [2.05, 4.69) is 25.4 Å². The van der Waals surface area contributed by atoms with E-state index in [-0.39, 0.29) is 0 Å². The number of aromatic nitrogens is 5. The van der Waals surface area contributed by atoms with Gasteiger partial charge < -0.3 is 11.1 Å². The molecule has 0 saturated heterocycles. The van der Waals surface area contributed by atoms with Crippen molar-refractivity contribution in [3.8, 4) is 11.4 Å². The number of amides is 1. The maximum atomic E-state index is 11.6. The van der Waals surface area contributed by atoms with Crippen molar-refractivity contribution in [2.75, 3.05) is 5.32 Å². The summed E-state index contributed by atoms with van der Waals surface area (Å²) < 4.78 is 1.66. The van der Waals surface area contributed by atoms with Gasteiger partial charge in [-0.3, -0.25) is 9.48 Å². The van der Waals surface area contributed by atoms with E-state index in [1.807, 2.05) is 5.38 Å². The number of nitrogens with two attached hydrogens (primary N) is 1. The van der Waals surface area contributed by atoms with Gasteiger partial charge in [-0.05, 0) is 18.4 Å². The summed E-state index contributed by atoms with van der Waals surface area (Å²) in [6.45, 7) is 0. The predicted molar refractivity (Wildman–Crippen MR) is 85.6 cm³/mol. The lowest BCUT2D eigenvalue weighted by molar-refractivity contribution is 0.0994. The molecule has 3 aromatic heterocycles. The SMILES string of the molecule is Cn1nc(C(N)=O)c2c1-c1nc(Nc3nccs3)ncc1CC2. The van der Waals surface area contributed by atoms with Gasteiger partial charge in [0.05, 0.1) is 11.4 Å². The first-order valence-electron chi connectivity index (χ1n) is 7.02. The molecule has 3 N–H and O–H groups in total. The molecule has 4 rings (SSSR count). The van der Waals surface area contributed by atoms with E-state index in [0.717, 1.165) is 34.1 Å². The Kier molecular flexibility index (Phi) is 3.08. The van der Waals surface area contributed by atoms with Crippen LogP contribution in [0.4, 0.5) is 11.1 Å². The molecule has 0 atom stereocenters. The summed E-state index contributed by atoms with van der Waals surface area (Å²) in [5, 5.41) is 9.92. The van der Waals surface area contributed by atoms with Crippen molar-refractivity contribution in [1.29, 1.82) is 0 Å². The molecule has 0 radical (unpaired) electrons. The summed E-state index contributed by atoms with van der Waals surface area (Å²) in [7, 11) is 1.79. The highest BCUT2D eigenvalue weighted by molar-refractivity contribution is 7.13. The summed E-state index contributed by atoms with van der Waals surface area (Å²) >= 11 is 1.47. The first-order chi connectivity index (χ1) is 11.1. The number of anilines is 2. The molecule has 0 aromatic carbocycles. The molecule has 0 fully saturated rings. The number of primary amides is 1. The number of aryl methyl sites for hydroxylation is 2. The lowest BCUT2D eigenvalue weighted by atomic mass is 9.93. The normalized spacial score (nSPS) is 12.6. The van der Waals surface area contributed by atoms with E-state index in [4.69, 9.17) is 5.73 Å². The summed E-state index contributed by atoms with van der Waals surface area (Å²) in [4.78, 5) is 24.7. The molecular weight excluding hydrogens is 314 g/mol. The van der Waals surface area contributed by atoms with Crippen molar-refractivity contribution >= 4 is 28.3 Å². The fourth-order valence-electron chi connectivity index (χ4n) is 2.79. The van der Waals surface area contributed by atoms with Crippen LogP contribution in [0.25, 0.3) is 11.4 Å². The lowest BCUT2D eigenvalue weighted by Crippen LogP contribution is -2.16. The zero-order valence-corrected chi connectivity index (χ0v) is 13.1. The molecule has 0 aliphatic heterocycles. The Morgan fingerprint density at radius 2 is 2.26 bits per heavy atom. The Labute approximate surface area is 135 Å². The van der Waals surface area contributed by atoms with Gasteiger partial charge in [-0.2, -0.15) is 5.10 Å². The second-order valence-corrected chi connectivity index (χ2v) is 6.09. The highest BCUT2D eigenvalue weighted by Crippen LogP contribution is 2.34. The van der Waals surface area contributed by atoms with E-state index in [1.54, 1.807) is 24.1 Å². The Hall–Kier alpha value is -2.81. The van der Waals surface area contributed by atoms with E-state index in [0.29, 0.717) is 18.1 Å². The number of carbonyl (C=O) groups excluding carboxylic acids is 1. The largest absolute Gasteiger partial charge is 0.364 e. The first kappa shape index (κ1) is 13.8. The highest BCUT2D eigenvalue weighted by atomic mass is 32.1. The van der Waals surface area contributed by atoms with Crippen LogP contribution in [0.15, 0.2) is 17.8 Å². The second-order valence-electron chi connectivity index (χ2n) is 5.19. The number of thiazole rings is 1. The molecule has 1 aliphatic rings. The molecule has 116 valence electrons. The molecule has 8 nitrogen and oxygen atoms in total. The first-order valence-corrected chi connectivity index (χ1v) is 7.90. The van der Waals surface area contributed by atoms with Gasteiger partial charge in [-0.1, -0.05) is 0 Å². The highest BCUT2D eigenvalue weighted by Gasteiger charge is 2.27. The number of hydrogen-bond donors (Lipinski definition) is 2. The van der Waals surface area contributed by atoms with Crippen LogP contribution >= 0.6 is 11.3 Å². The average molecular weight is 327 g/mol. The van der Waals surface area contributed by atoms with E-state index < -0.39 is 5.91 Å². The van der Waals surface area contributed by atoms with Gasteiger partial charge in [0.15, 0.2) is 10.8 Å². The zero-order chi connectivity index (χ0) is 16.0. The molecule has 3 aromatic rings. The molecule has 23 heavy (non-hydrogen) atoms. The van der Waals surface area contributed by atoms with Gasteiger partial charge in [-0.15, -0.1) is 11.3 Å². The van der Waals surface area contributed by atoms with Crippen LogP contribution < -0.4 is 11.1 Å². The quantitative estimate of drug-likeness (QED) is 0.749. The maximum Gasteiger partial charge on any atom is 0.269 e. The number of hydrogen-bond acceptors (Lipinski definition) is 7. The van der Waals surface area contributed by atoms with E-state index in [1.165, 1.54) is 11.3 Å². The molecule has 0 bridgehead atoms. The van der Waals surface area contributed by atoms with Crippen molar-refractivity contribution in [2.24, 2.45) is 12.8 Å². The van der Waals surface area contributed by atoms with Crippen LogP contribution in [-0.2, 0) is 19.9 Å². The van der Waals surface area contributed by atoms with Crippen LogP contribution in [-0.4, -0.2) is 30.6 Å². The molecule has 0 spiro atoms. The van der Waals surface area contributed by atoms with Crippen LogP contribution in [0.3, 0.4) is 0 Å². The molecule has 3 heterocycles. The summed E-state index contributed by atoms with van der Waals surface area (Å²) in [5.74, 6) is -0.0473.